The number of hydrogen-bond acceptors (Lipinski definition) is 1. The molecule has 5 heavy (non-hydrogen) atoms. The van der Waals surface area contributed by atoms with Crippen LogP contribution < -0.4 is 0 Å². The maximum absolute atomic E-state index is 4.02. The van der Waals surface area contributed by atoms with Crippen molar-refractivity contribution in [2.45, 2.75) is 3.27 Å². The van der Waals surface area contributed by atoms with Gasteiger partial charge in [0.05, 0.1) is 0 Å². The topological polar surface area (TPSA) is 0 Å². The monoisotopic (exact) mass is 193 g/mol. The van der Waals surface area contributed by atoms with E-state index in [9.17, 15) is 0 Å². The molecule has 0 N–H and O–H groups in total. The second-order valence-corrected chi connectivity index (χ2v) is 4.40. The van der Waals surface area contributed by atoms with E-state index in [1.807, 2.05) is 6.08 Å². The molecule has 0 amide bonds. The zero-order valence-corrected chi connectivity index (χ0v) is 6.56. The van der Waals surface area contributed by atoms with Gasteiger partial charge in [-0.15, -0.1) is 0 Å². The van der Waals surface area contributed by atoms with Crippen LogP contribution in [0.2, 0.25) is 0 Å². The summed E-state index contributed by atoms with van der Waals surface area (Å²) in [6.45, 7) is 3.51. The summed E-state index contributed by atoms with van der Waals surface area (Å²) in [5.74, 6) is 0. The number of rotatable bonds is 1. The molecule has 0 aliphatic heterocycles. The van der Waals surface area contributed by atoms with Crippen molar-refractivity contribution >= 4 is 35.2 Å². The standard InChI is InChI=1S/C3H5S.Sn/c1-2-3-4;/h2-4H,1H2;. The molecule has 0 fully saturated rings. The van der Waals surface area contributed by atoms with Gasteiger partial charge in [-0.05, 0) is 0 Å². The maximum atomic E-state index is 4.02. The second kappa shape index (κ2) is 3.09. The first kappa shape index (κ1) is 5.89. The fraction of sp³-hybridized carbons (Fsp3) is 0.333. The minimum atomic E-state index is 0.433. The predicted octanol–water partition coefficient (Wildman–Crippen LogP) is 0.597. The van der Waals surface area contributed by atoms with E-state index in [2.05, 4.69) is 19.2 Å². The van der Waals surface area contributed by atoms with Crippen molar-refractivity contribution in [3.05, 3.63) is 12.7 Å². The van der Waals surface area contributed by atoms with E-state index in [-0.39, 0.29) is 0 Å². The first-order chi connectivity index (χ1) is 2.27. The van der Waals surface area contributed by atoms with Crippen LogP contribution in [-0.2, 0) is 0 Å². The van der Waals surface area contributed by atoms with Crippen molar-refractivity contribution in [1.29, 1.82) is 0 Å². The van der Waals surface area contributed by atoms with Crippen molar-refractivity contribution in [2.75, 3.05) is 0 Å². The Kier molecular flexibility index (Phi) is 3.64. The van der Waals surface area contributed by atoms with Crippen LogP contribution in [-0.4, -0.2) is 25.8 Å². The molecule has 0 aliphatic carbocycles. The van der Waals surface area contributed by atoms with Gasteiger partial charge in [-0.1, -0.05) is 0 Å². The van der Waals surface area contributed by atoms with Crippen molar-refractivity contribution < 1.29 is 0 Å². The average Bonchev–Trinajstić information content (AvgIpc) is 1.38. The summed E-state index contributed by atoms with van der Waals surface area (Å²) in [5, 5.41) is 0. The zero-order chi connectivity index (χ0) is 4.28. The summed E-state index contributed by atoms with van der Waals surface area (Å²) in [6.07, 6.45) is 1.82. The van der Waals surface area contributed by atoms with Crippen LogP contribution in [0.15, 0.2) is 12.7 Å². The van der Waals surface area contributed by atoms with Crippen LogP contribution in [0, 0.1) is 0 Å². The first-order valence-electron chi connectivity index (χ1n) is 1.29. The van der Waals surface area contributed by atoms with Crippen molar-refractivity contribution in [3.63, 3.8) is 0 Å². The normalized spacial score (nSPS) is 14.0. The molecule has 0 spiro atoms. The van der Waals surface area contributed by atoms with Crippen molar-refractivity contribution in [2.24, 2.45) is 0 Å². The summed E-state index contributed by atoms with van der Waals surface area (Å²) < 4.78 is 0.433. The minimum absolute atomic E-state index is 0.433. The van der Waals surface area contributed by atoms with E-state index in [1.165, 1.54) is 22.5 Å². The molecule has 0 nitrogen and oxygen atoms in total. The molecule has 27 valence electrons. The van der Waals surface area contributed by atoms with Crippen molar-refractivity contribution in [1.82, 2.24) is 0 Å². The summed E-state index contributed by atoms with van der Waals surface area (Å²) in [6, 6.07) is 0. The molecule has 0 aromatic rings. The Balaban J connectivity index is 2.83. The van der Waals surface area contributed by atoms with E-state index >= 15 is 0 Å². The molecule has 0 aliphatic rings. The molecule has 1 unspecified atom stereocenters. The number of hydrogen-bond donors (Lipinski definition) is 1. The molecule has 0 rings (SSSR count). The zero-order valence-electron chi connectivity index (χ0n) is 2.81. The Morgan fingerprint density at radius 3 is 2.20 bits per heavy atom. The Hall–Kier alpha value is 0.889. The summed E-state index contributed by atoms with van der Waals surface area (Å²) in [5.41, 5.74) is 0. The van der Waals surface area contributed by atoms with Gasteiger partial charge in [0, 0.05) is 0 Å². The van der Waals surface area contributed by atoms with E-state index in [1.54, 1.807) is 0 Å². The third-order valence-electron chi connectivity index (χ3n) is 0.223. The van der Waals surface area contributed by atoms with Crippen LogP contribution in [0.25, 0.3) is 0 Å². The summed E-state index contributed by atoms with van der Waals surface area (Å²) >= 11 is 5.44. The molecular weight excluding hydrogens is 187 g/mol. The van der Waals surface area contributed by atoms with E-state index in [4.69, 9.17) is 0 Å². The molecule has 0 aromatic heterocycles. The number of thiol groups is 1. The molecule has 0 saturated carbocycles. The second-order valence-electron chi connectivity index (χ2n) is 0.681. The molecule has 2 heteroatoms. The van der Waals surface area contributed by atoms with Gasteiger partial charge in [-0.3, -0.25) is 0 Å². The molecule has 0 bridgehead atoms. The van der Waals surface area contributed by atoms with E-state index < -0.39 is 0 Å². The van der Waals surface area contributed by atoms with Crippen LogP contribution in [0.4, 0.5) is 0 Å². The molecule has 3 radical (unpaired) electrons. The van der Waals surface area contributed by atoms with Crippen LogP contribution in [0.5, 0.6) is 0 Å². The third-order valence-corrected chi connectivity index (χ3v) is 1.11. The van der Waals surface area contributed by atoms with Crippen LogP contribution in [0.3, 0.4) is 0 Å². The molecule has 0 heterocycles. The van der Waals surface area contributed by atoms with Gasteiger partial charge in [0.25, 0.3) is 0 Å². The van der Waals surface area contributed by atoms with Crippen molar-refractivity contribution in [3.8, 4) is 0 Å². The Morgan fingerprint density at radius 2 is 2.20 bits per heavy atom. The van der Waals surface area contributed by atoms with E-state index in [0.717, 1.165) is 0 Å². The Labute approximate surface area is 51.1 Å². The SMILES string of the molecule is C=C[CH](S)[Sn]. The van der Waals surface area contributed by atoms with Gasteiger partial charge in [0.2, 0.25) is 0 Å². The molecule has 0 saturated heterocycles. The van der Waals surface area contributed by atoms with Gasteiger partial charge in [0.15, 0.2) is 0 Å². The van der Waals surface area contributed by atoms with Gasteiger partial charge in [-0.25, -0.2) is 0 Å². The van der Waals surface area contributed by atoms with Crippen LogP contribution >= 0.6 is 12.6 Å². The third kappa shape index (κ3) is 4.89. The van der Waals surface area contributed by atoms with E-state index in [0.29, 0.717) is 3.27 Å². The fourth-order valence-corrected chi connectivity index (χ4v) is 0. The average molecular weight is 192 g/mol. The Bertz CT molecular complexity index is 33.9. The Morgan fingerprint density at radius 1 is 2.00 bits per heavy atom. The van der Waals surface area contributed by atoms with Gasteiger partial charge in [0.1, 0.15) is 0 Å². The molecule has 1 atom stereocenters. The summed E-state index contributed by atoms with van der Waals surface area (Å²) in [7, 11) is 0. The summed E-state index contributed by atoms with van der Waals surface area (Å²) in [4.78, 5) is 0. The van der Waals surface area contributed by atoms with Crippen LogP contribution in [0.1, 0.15) is 0 Å². The van der Waals surface area contributed by atoms with Gasteiger partial charge >= 0.3 is 51.1 Å². The fourth-order valence-electron chi connectivity index (χ4n) is 0. The molecular formula is C3H5SSn. The predicted molar refractivity (Wildman–Crippen MR) is 28.7 cm³/mol. The van der Waals surface area contributed by atoms with Gasteiger partial charge in [-0.2, -0.15) is 0 Å². The quantitative estimate of drug-likeness (QED) is 0.351. The molecule has 0 aromatic carbocycles. The van der Waals surface area contributed by atoms with Gasteiger partial charge < -0.3 is 0 Å². The first-order valence-corrected chi connectivity index (χ1v) is 3.45.